The van der Waals surface area contributed by atoms with Crippen LogP contribution < -0.4 is 5.48 Å². The molecule has 1 rings (SSSR count). The first-order valence-corrected chi connectivity index (χ1v) is 4.68. The highest BCUT2D eigenvalue weighted by Crippen LogP contribution is 2.02. The standard InChI is InChI=1S/C11H15NO3/c1-11(2,14)10(13)12-15-8-9-6-4-3-5-7-9/h3-7,14H,8H2,1-2H3,(H,12,13). The van der Waals surface area contributed by atoms with Crippen molar-refractivity contribution < 1.29 is 14.7 Å². The fourth-order valence-corrected chi connectivity index (χ4v) is 0.884. The van der Waals surface area contributed by atoms with E-state index in [0.717, 1.165) is 5.56 Å². The van der Waals surface area contributed by atoms with Crippen LogP contribution in [0.5, 0.6) is 0 Å². The van der Waals surface area contributed by atoms with Gasteiger partial charge in [0.05, 0.1) is 6.61 Å². The van der Waals surface area contributed by atoms with Gasteiger partial charge >= 0.3 is 0 Å². The van der Waals surface area contributed by atoms with Gasteiger partial charge in [-0.3, -0.25) is 9.63 Å². The van der Waals surface area contributed by atoms with Gasteiger partial charge in [0.25, 0.3) is 5.91 Å². The number of rotatable bonds is 4. The molecule has 0 bridgehead atoms. The van der Waals surface area contributed by atoms with E-state index in [0.29, 0.717) is 0 Å². The van der Waals surface area contributed by atoms with E-state index in [1.807, 2.05) is 30.3 Å². The van der Waals surface area contributed by atoms with Crippen LogP contribution in [0.3, 0.4) is 0 Å². The molecule has 4 heteroatoms. The Bertz CT molecular complexity index is 316. The van der Waals surface area contributed by atoms with Crippen LogP contribution >= 0.6 is 0 Å². The van der Waals surface area contributed by atoms with Gasteiger partial charge in [0.2, 0.25) is 0 Å². The van der Waals surface area contributed by atoms with E-state index in [4.69, 9.17) is 4.84 Å². The average molecular weight is 209 g/mol. The Hall–Kier alpha value is -1.39. The minimum Gasteiger partial charge on any atom is -0.381 e. The lowest BCUT2D eigenvalue weighted by Crippen LogP contribution is -2.41. The summed E-state index contributed by atoms with van der Waals surface area (Å²) in [6, 6.07) is 9.44. The molecule has 0 saturated heterocycles. The molecule has 0 spiro atoms. The van der Waals surface area contributed by atoms with E-state index < -0.39 is 11.5 Å². The summed E-state index contributed by atoms with van der Waals surface area (Å²) in [5.41, 5.74) is 1.71. The summed E-state index contributed by atoms with van der Waals surface area (Å²) < 4.78 is 0. The van der Waals surface area contributed by atoms with Crippen LogP contribution in [-0.2, 0) is 16.2 Å². The topological polar surface area (TPSA) is 58.6 Å². The van der Waals surface area contributed by atoms with Gasteiger partial charge < -0.3 is 5.11 Å². The maximum atomic E-state index is 11.2. The smallest absolute Gasteiger partial charge is 0.274 e. The van der Waals surface area contributed by atoms with Gasteiger partial charge in [-0.1, -0.05) is 30.3 Å². The number of hydrogen-bond acceptors (Lipinski definition) is 3. The quantitative estimate of drug-likeness (QED) is 0.727. The summed E-state index contributed by atoms with van der Waals surface area (Å²) in [5, 5.41) is 9.29. The Balaban J connectivity index is 2.32. The molecule has 0 aromatic heterocycles. The van der Waals surface area contributed by atoms with Crippen LogP contribution in [0.2, 0.25) is 0 Å². The highest BCUT2D eigenvalue weighted by Gasteiger charge is 2.23. The minimum absolute atomic E-state index is 0.280. The van der Waals surface area contributed by atoms with Crippen LogP contribution in [0, 0.1) is 0 Å². The molecule has 0 atom stereocenters. The molecule has 1 aromatic carbocycles. The summed E-state index contributed by atoms with van der Waals surface area (Å²) in [6.45, 7) is 3.07. The molecule has 2 N–H and O–H groups in total. The average Bonchev–Trinajstić information content (AvgIpc) is 2.18. The number of nitrogens with one attached hydrogen (secondary N) is 1. The highest BCUT2D eigenvalue weighted by molar-refractivity contribution is 5.82. The zero-order chi connectivity index (χ0) is 11.3. The fraction of sp³-hybridized carbons (Fsp3) is 0.364. The van der Waals surface area contributed by atoms with Gasteiger partial charge in [-0.2, -0.15) is 0 Å². The van der Waals surface area contributed by atoms with Crippen molar-refractivity contribution in [1.82, 2.24) is 5.48 Å². The first-order valence-electron chi connectivity index (χ1n) is 4.68. The van der Waals surface area contributed by atoms with E-state index in [1.165, 1.54) is 13.8 Å². The minimum atomic E-state index is -1.42. The van der Waals surface area contributed by atoms with Crippen LogP contribution in [0.15, 0.2) is 30.3 Å². The lowest BCUT2D eigenvalue weighted by atomic mass is 10.1. The van der Waals surface area contributed by atoms with E-state index in [2.05, 4.69) is 5.48 Å². The summed E-state index contributed by atoms with van der Waals surface area (Å²) in [7, 11) is 0. The predicted octanol–water partition coefficient (Wildman–Crippen LogP) is 1.01. The largest absolute Gasteiger partial charge is 0.381 e. The molecule has 0 aliphatic rings. The van der Waals surface area contributed by atoms with Crippen LogP contribution in [0.4, 0.5) is 0 Å². The molecule has 0 radical (unpaired) electrons. The second-order valence-corrected chi connectivity index (χ2v) is 3.76. The van der Waals surface area contributed by atoms with Crippen molar-refractivity contribution in [3.05, 3.63) is 35.9 Å². The molecule has 1 aromatic rings. The number of benzene rings is 1. The van der Waals surface area contributed by atoms with Crippen molar-refractivity contribution in [3.63, 3.8) is 0 Å². The first kappa shape index (κ1) is 11.7. The van der Waals surface area contributed by atoms with E-state index in [-0.39, 0.29) is 6.61 Å². The zero-order valence-corrected chi connectivity index (χ0v) is 8.86. The van der Waals surface area contributed by atoms with Crippen LogP contribution in [0.1, 0.15) is 19.4 Å². The van der Waals surface area contributed by atoms with Gasteiger partial charge in [-0.15, -0.1) is 0 Å². The van der Waals surface area contributed by atoms with Crippen molar-refractivity contribution in [2.75, 3.05) is 0 Å². The maximum Gasteiger partial charge on any atom is 0.274 e. The maximum absolute atomic E-state index is 11.2. The summed E-state index contributed by atoms with van der Waals surface area (Å²) in [6.07, 6.45) is 0. The summed E-state index contributed by atoms with van der Waals surface area (Å²) >= 11 is 0. The molecule has 1 amide bonds. The number of carbonyl (C=O) groups is 1. The highest BCUT2D eigenvalue weighted by atomic mass is 16.7. The number of amides is 1. The van der Waals surface area contributed by atoms with Crippen LogP contribution in [0.25, 0.3) is 0 Å². The molecule has 0 heterocycles. The zero-order valence-electron chi connectivity index (χ0n) is 8.86. The van der Waals surface area contributed by atoms with Gasteiger partial charge in [-0.05, 0) is 19.4 Å². The van der Waals surface area contributed by atoms with Gasteiger partial charge in [0, 0.05) is 0 Å². The van der Waals surface area contributed by atoms with Crippen LogP contribution in [-0.4, -0.2) is 16.6 Å². The molecule has 82 valence electrons. The normalized spacial score (nSPS) is 11.1. The van der Waals surface area contributed by atoms with Gasteiger partial charge in [0.15, 0.2) is 0 Å². The molecule has 0 fully saturated rings. The summed E-state index contributed by atoms with van der Waals surface area (Å²) in [4.78, 5) is 16.1. The fourth-order valence-electron chi connectivity index (χ4n) is 0.884. The second kappa shape index (κ2) is 4.91. The lowest BCUT2D eigenvalue weighted by Gasteiger charge is -2.15. The van der Waals surface area contributed by atoms with Crippen molar-refractivity contribution in [1.29, 1.82) is 0 Å². The van der Waals surface area contributed by atoms with Gasteiger partial charge in [-0.25, -0.2) is 5.48 Å². The lowest BCUT2D eigenvalue weighted by molar-refractivity contribution is -0.150. The molecule has 15 heavy (non-hydrogen) atoms. The number of hydrogen-bond donors (Lipinski definition) is 2. The van der Waals surface area contributed by atoms with Crippen molar-refractivity contribution in [3.8, 4) is 0 Å². The Morgan fingerprint density at radius 3 is 2.53 bits per heavy atom. The van der Waals surface area contributed by atoms with E-state index in [9.17, 15) is 9.90 Å². The third-order valence-corrected chi connectivity index (χ3v) is 1.80. The monoisotopic (exact) mass is 209 g/mol. The molecular formula is C11H15NO3. The molecule has 0 unspecified atom stereocenters. The Morgan fingerprint density at radius 2 is 2.00 bits per heavy atom. The van der Waals surface area contributed by atoms with Crippen molar-refractivity contribution in [2.24, 2.45) is 0 Å². The predicted molar refractivity (Wildman–Crippen MR) is 55.7 cm³/mol. The second-order valence-electron chi connectivity index (χ2n) is 3.76. The van der Waals surface area contributed by atoms with Crippen molar-refractivity contribution in [2.45, 2.75) is 26.1 Å². The number of aliphatic hydroxyl groups is 1. The van der Waals surface area contributed by atoms with E-state index >= 15 is 0 Å². The molecular weight excluding hydrogens is 194 g/mol. The molecule has 0 saturated carbocycles. The first-order chi connectivity index (χ1) is 7.00. The number of hydroxylamine groups is 1. The van der Waals surface area contributed by atoms with Crippen molar-refractivity contribution >= 4 is 5.91 Å². The Kier molecular flexibility index (Phi) is 3.82. The Morgan fingerprint density at radius 1 is 1.40 bits per heavy atom. The van der Waals surface area contributed by atoms with Gasteiger partial charge in [0.1, 0.15) is 5.60 Å². The molecule has 4 nitrogen and oxygen atoms in total. The molecule has 0 aliphatic carbocycles. The third-order valence-electron chi connectivity index (χ3n) is 1.80. The SMILES string of the molecule is CC(C)(O)C(=O)NOCc1ccccc1. The third kappa shape index (κ3) is 4.10. The summed E-state index contributed by atoms with van der Waals surface area (Å²) in [5.74, 6) is -0.557. The number of carbonyl (C=O) groups excluding carboxylic acids is 1. The van der Waals surface area contributed by atoms with E-state index in [1.54, 1.807) is 0 Å². The Labute approximate surface area is 88.8 Å². The molecule has 0 aliphatic heterocycles.